The molecule has 0 aliphatic rings. The third-order valence-electron chi connectivity index (χ3n) is 3.63. The van der Waals surface area contributed by atoms with Crippen LogP contribution in [0.2, 0.25) is 5.02 Å². The van der Waals surface area contributed by atoms with Crippen LogP contribution in [0.15, 0.2) is 65.3 Å². The number of oxazole rings is 1. The lowest BCUT2D eigenvalue weighted by Crippen LogP contribution is -1.90. The second-order valence-corrected chi connectivity index (χ2v) is 5.67. The van der Waals surface area contributed by atoms with Gasteiger partial charge >= 0.3 is 0 Å². The Morgan fingerprint density at radius 1 is 1.05 bits per heavy atom. The molecule has 0 N–H and O–H groups in total. The van der Waals surface area contributed by atoms with Crippen molar-refractivity contribution in [3.63, 3.8) is 0 Å². The molecule has 2 heterocycles. The van der Waals surface area contributed by atoms with Crippen molar-refractivity contribution in [2.75, 3.05) is 0 Å². The van der Waals surface area contributed by atoms with Crippen molar-refractivity contribution in [1.29, 1.82) is 0 Å². The van der Waals surface area contributed by atoms with Gasteiger partial charge in [-0.05, 0) is 55.0 Å². The first-order chi connectivity index (χ1) is 10.7. The zero-order valence-electron chi connectivity index (χ0n) is 12.0. The zero-order valence-corrected chi connectivity index (χ0v) is 12.7. The molecular weight excluding hydrogens is 296 g/mol. The maximum absolute atomic E-state index is 6.04. The van der Waals surface area contributed by atoms with E-state index in [1.807, 2.05) is 61.8 Å². The number of hydrogen-bond acceptors (Lipinski definition) is 2. The van der Waals surface area contributed by atoms with E-state index in [9.17, 15) is 0 Å². The molecule has 4 rings (SSSR count). The van der Waals surface area contributed by atoms with Crippen molar-refractivity contribution < 1.29 is 4.42 Å². The van der Waals surface area contributed by atoms with Gasteiger partial charge in [0.25, 0.3) is 0 Å². The molecule has 0 unspecified atom stereocenters. The minimum absolute atomic E-state index is 0.588. The molecule has 0 radical (unpaired) electrons. The Bertz CT molecular complexity index is 955. The van der Waals surface area contributed by atoms with Gasteiger partial charge in [-0.15, -0.1) is 0 Å². The van der Waals surface area contributed by atoms with E-state index in [1.54, 1.807) is 0 Å². The fourth-order valence-corrected chi connectivity index (χ4v) is 2.77. The van der Waals surface area contributed by atoms with E-state index in [4.69, 9.17) is 16.0 Å². The van der Waals surface area contributed by atoms with Crippen LogP contribution in [0.5, 0.6) is 0 Å². The molecule has 22 heavy (non-hydrogen) atoms. The van der Waals surface area contributed by atoms with Gasteiger partial charge in [-0.3, -0.25) is 0 Å². The third kappa shape index (κ3) is 2.20. The molecule has 0 saturated heterocycles. The fourth-order valence-electron chi connectivity index (χ4n) is 2.58. The van der Waals surface area contributed by atoms with E-state index >= 15 is 0 Å². The van der Waals surface area contributed by atoms with Gasteiger partial charge in [0.15, 0.2) is 5.58 Å². The zero-order chi connectivity index (χ0) is 15.1. The summed E-state index contributed by atoms with van der Waals surface area (Å²) in [6.07, 6.45) is 4.02. The first-order valence-corrected chi connectivity index (χ1v) is 7.39. The summed E-state index contributed by atoms with van der Waals surface area (Å²) in [6.45, 7) is 2.03. The number of benzene rings is 2. The van der Waals surface area contributed by atoms with E-state index in [0.717, 1.165) is 27.9 Å². The molecule has 0 atom stereocenters. The van der Waals surface area contributed by atoms with Crippen LogP contribution in [0.4, 0.5) is 0 Å². The van der Waals surface area contributed by atoms with Crippen molar-refractivity contribution >= 4 is 22.7 Å². The summed E-state index contributed by atoms with van der Waals surface area (Å²) in [5, 5.41) is 0.671. The number of fused-ring (bicyclic) bond motifs is 1. The van der Waals surface area contributed by atoms with Crippen LogP contribution in [-0.2, 0) is 0 Å². The van der Waals surface area contributed by atoms with E-state index in [0.29, 0.717) is 10.9 Å². The van der Waals surface area contributed by atoms with Crippen LogP contribution >= 0.6 is 11.6 Å². The number of aromatic nitrogens is 2. The van der Waals surface area contributed by atoms with E-state index < -0.39 is 0 Å². The standard InChI is InChI=1S/C18H13ClN2O/c1-12-9-15(21-7-2-3-8-21)11-16-17(12)22-18(20-16)13-5-4-6-14(19)10-13/h2-11H,1H3. The minimum atomic E-state index is 0.588. The maximum atomic E-state index is 6.04. The molecule has 0 fully saturated rings. The second-order valence-electron chi connectivity index (χ2n) is 5.23. The van der Waals surface area contributed by atoms with Crippen LogP contribution in [0.1, 0.15) is 5.56 Å². The lowest BCUT2D eigenvalue weighted by atomic mass is 10.2. The number of hydrogen-bond donors (Lipinski definition) is 0. The molecule has 0 amide bonds. The average Bonchev–Trinajstić information content (AvgIpc) is 3.16. The smallest absolute Gasteiger partial charge is 0.227 e. The Morgan fingerprint density at radius 2 is 1.86 bits per heavy atom. The van der Waals surface area contributed by atoms with E-state index in [-0.39, 0.29) is 0 Å². The maximum Gasteiger partial charge on any atom is 0.227 e. The van der Waals surface area contributed by atoms with E-state index in [1.165, 1.54) is 0 Å². The monoisotopic (exact) mass is 308 g/mol. The predicted molar refractivity (Wildman–Crippen MR) is 88.5 cm³/mol. The molecule has 4 aromatic rings. The van der Waals surface area contributed by atoms with Gasteiger partial charge in [0, 0.05) is 28.7 Å². The minimum Gasteiger partial charge on any atom is -0.436 e. The Labute approximate surface area is 132 Å². The molecule has 0 bridgehead atoms. The number of rotatable bonds is 2. The highest BCUT2D eigenvalue weighted by molar-refractivity contribution is 6.30. The van der Waals surface area contributed by atoms with Crippen molar-refractivity contribution in [2.24, 2.45) is 0 Å². The van der Waals surface area contributed by atoms with Crippen molar-refractivity contribution in [3.8, 4) is 17.1 Å². The highest BCUT2D eigenvalue weighted by atomic mass is 35.5. The Kier molecular flexibility index (Phi) is 3.01. The first kappa shape index (κ1) is 13.2. The highest BCUT2D eigenvalue weighted by Crippen LogP contribution is 2.29. The Hall–Kier alpha value is -2.52. The Balaban J connectivity index is 1.89. The normalized spacial score (nSPS) is 11.2. The van der Waals surface area contributed by atoms with Crippen LogP contribution in [0.25, 0.3) is 28.2 Å². The summed E-state index contributed by atoms with van der Waals surface area (Å²) < 4.78 is 7.99. The van der Waals surface area contributed by atoms with Crippen LogP contribution in [0.3, 0.4) is 0 Å². The molecule has 4 heteroatoms. The number of nitrogens with zero attached hydrogens (tertiary/aromatic N) is 2. The van der Waals surface area contributed by atoms with Gasteiger partial charge in [0.2, 0.25) is 5.89 Å². The van der Waals surface area contributed by atoms with Gasteiger partial charge in [-0.2, -0.15) is 0 Å². The third-order valence-corrected chi connectivity index (χ3v) is 3.87. The summed E-state index contributed by atoms with van der Waals surface area (Å²) in [5.41, 5.74) is 4.66. The largest absolute Gasteiger partial charge is 0.436 e. The van der Waals surface area contributed by atoms with Gasteiger partial charge < -0.3 is 8.98 Å². The van der Waals surface area contributed by atoms with Gasteiger partial charge in [-0.1, -0.05) is 17.7 Å². The molecule has 0 saturated carbocycles. The molecule has 0 spiro atoms. The molecule has 2 aromatic carbocycles. The summed E-state index contributed by atoms with van der Waals surface area (Å²) in [6, 6.07) is 15.6. The lowest BCUT2D eigenvalue weighted by molar-refractivity contribution is 0.617. The number of halogens is 1. The lowest BCUT2D eigenvalue weighted by Gasteiger charge is -2.03. The van der Waals surface area contributed by atoms with Gasteiger partial charge in [-0.25, -0.2) is 4.98 Å². The molecule has 0 aliphatic heterocycles. The topological polar surface area (TPSA) is 31.0 Å². The summed E-state index contributed by atoms with van der Waals surface area (Å²) in [5.74, 6) is 0.588. The molecule has 3 nitrogen and oxygen atoms in total. The Morgan fingerprint density at radius 3 is 2.64 bits per heavy atom. The highest BCUT2D eigenvalue weighted by Gasteiger charge is 2.12. The quantitative estimate of drug-likeness (QED) is 0.506. The van der Waals surface area contributed by atoms with Crippen molar-refractivity contribution in [2.45, 2.75) is 6.92 Å². The van der Waals surface area contributed by atoms with Crippen LogP contribution < -0.4 is 0 Å². The molecule has 108 valence electrons. The van der Waals surface area contributed by atoms with E-state index in [2.05, 4.69) is 15.6 Å². The van der Waals surface area contributed by atoms with Crippen LogP contribution in [-0.4, -0.2) is 9.55 Å². The van der Waals surface area contributed by atoms with Crippen molar-refractivity contribution in [3.05, 3.63) is 71.5 Å². The fraction of sp³-hybridized carbons (Fsp3) is 0.0556. The molecular formula is C18H13ClN2O. The van der Waals surface area contributed by atoms with Crippen LogP contribution in [0, 0.1) is 6.92 Å². The summed E-state index contributed by atoms with van der Waals surface area (Å²) >= 11 is 6.04. The molecule has 2 aromatic heterocycles. The average molecular weight is 309 g/mol. The molecule has 0 aliphatic carbocycles. The first-order valence-electron chi connectivity index (χ1n) is 7.01. The number of aryl methyl sites for hydroxylation is 1. The van der Waals surface area contributed by atoms with Crippen molar-refractivity contribution in [1.82, 2.24) is 9.55 Å². The SMILES string of the molecule is Cc1cc(-n2cccc2)cc2nc(-c3cccc(Cl)c3)oc12. The van der Waals surface area contributed by atoms with Gasteiger partial charge in [0.05, 0.1) is 0 Å². The second kappa shape index (κ2) is 5.04. The van der Waals surface area contributed by atoms with Gasteiger partial charge in [0.1, 0.15) is 5.52 Å². The summed E-state index contributed by atoms with van der Waals surface area (Å²) in [4.78, 5) is 4.62. The predicted octanol–water partition coefficient (Wildman–Crippen LogP) is 5.25. The summed E-state index contributed by atoms with van der Waals surface area (Å²) in [7, 11) is 0.